The van der Waals surface area contributed by atoms with Crippen LogP contribution in [0.1, 0.15) is 0 Å². The zero-order valence-electron chi connectivity index (χ0n) is 5.28. The van der Waals surface area contributed by atoms with E-state index < -0.39 is 10.2 Å². The molecule has 4 nitrogen and oxygen atoms in total. The number of ether oxygens (including phenoxy) is 1. The lowest BCUT2D eigenvalue weighted by Crippen LogP contribution is -2.10. The Bertz CT molecular complexity index is 247. The number of hydrogen-bond acceptors (Lipinski definition) is 5. The van der Waals surface area contributed by atoms with Crippen LogP contribution in [-0.4, -0.2) is 21.0 Å². The standard InChI is InChI=1S/C5H3IN2O2S/c6-5(9)10-3-2-11-4(1-7)8-3/h3H,2H2. The Morgan fingerprint density at radius 1 is 2.00 bits per heavy atom. The first kappa shape index (κ1) is 8.80. The highest BCUT2D eigenvalue weighted by Gasteiger charge is 2.20. The average molecular weight is 282 g/mol. The van der Waals surface area contributed by atoms with Gasteiger partial charge in [0.1, 0.15) is 6.07 Å². The second-order valence-corrected chi connectivity index (χ2v) is 3.56. The Balaban J connectivity index is 2.48. The number of aliphatic imine (C=N–C) groups is 1. The van der Waals surface area contributed by atoms with E-state index in [0.29, 0.717) is 10.8 Å². The Kier molecular flexibility index (Phi) is 3.14. The van der Waals surface area contributed by atoms with Crippen LogP contribution in [-0.2, 0) is 4.74 Å². The van der Waals surface area contributed by atoms with Crippen molar-refractivity contribution in [2.75, 3.05) is 5.75 Å². The molecule has 0 spiro atoms. The summed E-state index contributed by atoms with van der Waals surface area (Å²) in [5.41, 5.74) is 0. The number of rotatable bonds is 1. The van der Waals surface area contributed by atoms with Crippen LogP contribution in [0.15, 0.2) is 4.99 Å². The molecule has 1 aliphatic heterocycles. The molecule has 1 rings (SSSR count). The number of hydrogen-bond donors (Lipinski definition) is 0. The molecule has 0 saturated carbocycles. The van der Waals surface area contributed by atoms with Crippen LogP contribution in [0.5, 0.6) is 0 Å². The Hall–Kier alpha value is -0.290. The number of carbonyl (C=O) groups is 1. The van der Waals surface area contributed by atoms with Crippen molar-refractivity contribution in [3.63, 3.8) is 0 Å². The highest BCUT2D eigenvalue weighted by molar-refractivity contribution is 14.1. The lowest BCUT2D eigenvalue weighted by molar-refractivity contribution is 0.145. The summed E-state index contributed by atoms with van der Waals surface area (Å²) in [6.45, 7) is 0. The van der Waals surface area contributed by atoms with Crippen molar-refractivity contribution in [1.29, 1.82) is 5.26 Å². The van der Waals surface area contributed by atoms with Gasteiger partial charge in [-0.15, -0.1) is 0 Å². The minimum atomic E-state index is -0.459. The highest BCUT2D eigenvalue weighted by Crippen LogP contribution is 2.19. The van der Waals surface area contributed by atoms with Gasteiger partial charge in [-0.1, -0.05) is 11.8 Å². The minimum absolute atomic E-state index is 0.382. The lowest BCUT2D eigenvalue weighted by Gasteiger charge is -2.02. The molecule has 1 aliphatic rings. The molecule has 11 heavy (non-hydrogen) atoms. The third kappa shape index (κ3) is 2.67. The molecule has 0 amide bonds. The maximum absolute atomic E-state index is 10.4. The molecule has 0 radical (unpaired) electrons. The lowest BCUT2D eigenvalue weighted by atomic mass is 10.7. The van der Waals surface area contributed by atoms with E-state index in [-0.39, 0.29) is 0 Å². The Morgan fingerprint density at radius 3 is 3.18 bits per heavy atom. The van der Waals surface area contributed by atoms with Gasteiger partial charge in [0, 0.05) is 0 Å². The van der Waals surface area contributed by atoms with E-state index in [1.54, 1.807) is 0 Å². The predicted octanol–water partition coefficient (Wildman–Crippen LogP) is 1.55. The molecule has 0 aliphatic carbocycles. The molecule has 0 aromatic carbocycles. The quantitative estimate of drug-likeness (QED) is 0.540. The van der Waals surface area contributed by atoms with E-state index in [9.17, 15) is 4.79 Å². The molecule has 0 saturated heterocycles. The Morgan fingerprint density at radius 2 is 2.73 bits per heavy atom. The highest BCUT2D eigenvalue weighted by atomic mass is 127. The van der Waals surface area contributed by atoms with Crippen LogP contribution in [0.3, 0.4) is 0 Å². The van der Waals surface area contributed by atoms with E-state index >= 15 is 0 Å². The molecule has 0 aromatic rings. The van der Waals surface area contributed by atoms with Crippen molar-refractivity contribution in [2.24, 2.45) is 4.99 Å². The van der Waals surface area contributed by atoms with Gasteiger partial charge in [-0.2, -0.15) is 5.26 Å². The third-order valence-electron chi connectivity index (χ3n) is 0.948. The summed E-state index contributed by atoms with van der Waals surface area (Å²) in [5, 5.41) is 8.76. The average Bonchev–Trinajstić information content (AvgIpc) is 2.34. The molecule has 1 unspecified atom stereocenters. The SMILES string of the molecule is N#CC1=NC(OC(=O)I)CS1. The fourth-order valence-corrected chi connectivity index (χ4v) is 1.58. The van der Waals surface area contributed by atoms with Gasteiger partial charge < -0.3 is 4.74 Å². The first-order valence-electron chi connectivity index (χ1n) is 2.69. The summed E-state index contributed by atoms with van der Waals surface area (Å²) in [7, 11) is 0. The van der Waals surface area contributed by atoms with Crippen LogP contribution in [0.2, 0.25) is 0 Å². The van der Waals surface area contributed by atoms with Crippen LogP contribution < -0.4 is 0 Å². The van der Waals surface area contributed by atoms with E-state index in [0.717, 1.165) is 0 Å². The molecule has 0 bridgehead atoms. The van der Waals surface area contributed by atoms with Crippen LogP contribution in [0, 0.1) is 11.3 Å². The second-order valence-electron chi connectivity index (χ2n) is 1.67. The Labute approximate surface area is 81.1 Å². The van der Waals surface area contributed by atoms with Crippen LogP contribution in [0.4, 0.5) is 4.79 Å². The van der Waals surface area contributed by atoms with E-state index in [1.807, 2.05) is 6.07 Å². The smallest absolute Gasteiger partial charge is 0.369 e. The summed E-state index contributed by atoms with van der Waals surface area (Å²) < 4.78 is 4.34. The van der Waals surface area contributed by atoms with Gasteiger partial charge in [-0.25, -0.2) is 9.79 Å². The number of carbonyl (C=O) groups excluding carboxylic acids is 1. The van der Waals surface area contributed by atoms with Gasteiger partial charge in [0.05, 0.1) is 28.3 Å². The molecule has 1 atom stereocenters. The minimum Gasteiger partial charge on any atom is -0.431 e. The summed E-state index contributed by atoms with van der Waals surface area (Å²) >= 11 is 2.83. The van der Waals surface area contributed by atoms with Gasteiger partial charge >= 0.3 is 3.98 Å². The number of thioether (sulfide) groups is 1. The van der Waals surface area contributed by atoms with Gasteiger partial charge in [0.25, 0.3) is 0 Å². The molecule has 0 fully saturated rings. The molecule has 1 heterocycles. The topological polar surface area (TPSA) is 62.4 Å². The van der Waals surface area contributed by atoms with Gasteiger partial charge in [0.15, 0.2) is 5.04 Å². The van der Waals surface area contributed by atoms with Crippen molar-refractivity contribution in [1.82, 2.24) is 0 Å². The van der Waals surface area contributed by atoms with Gasteiger partial charge in [-0.3, -0.25) is 0 Å². The van der Waals surface area contributed by atoms with Crippen molar-refractivity contribution in [3.05, 3.63) is 0 Å². The summed E-state index contributed by atoms with van der Waals surface area (Å²) in [5.74, 6) is 0.553. The van der Waals surface area contributed by atoms with E-state index in [2.05, 4.69) is 4.99 Å². The largest absolute Gasteiger partial charge is 0.431 e. The number of nitrogens with zero attached hydrogens (tertiary/aromatic N) is 2. The van der Waals surface area contributed by atoms with Crippen molar-refractivity contribution >= 4 is 43.4 Å². The summed E-state index contributed by atoms with van der Waals surface area (Å²) in [4.78, 5) is 14.2. The van der Waals surface area contributed by atoms with Crippen LogP contribution >= 0.6 is 34.4 Å². The van der Waals surface area contributed by atoms with Crippen molar-refractivity contribution in [3.8, 4) is 6.07 Å². The molecule has 58 valence electrons. The maximum atomic E-state index is 10.4. The zero-order chi connectivity index (χ0) is 8.27. The number of nitriles is 1. The van der Waals surface area contributed by atoms with E-state index in [1.165, 1.54) is 34.4 Å². The zero-order valence-corrected chi connectivity index (χ0v) is 8.26. The molecular weight excluding hydrogens is 279 g/mol. The summed E-state index contributed by atoms with van der Waals surface area (Å²) in [6.07, 6.45) is -0.459. The van der Waals surface area contributed by atoms with Gasteiger partial charge in [0.2, 0.25) is 6.23 Å². The molecule has 0 aromatic heterocycles. The maximum Gasteiger partial charge on any atom is 0.369 e. The van der Waals surface area contributed by atoms with Crippen molar-refractivity contribution < 1.29 is 9.53 Å². The molecule has 0 N–H and O–H groups in total. The van der Waals surface area contributed by atoms with Crippen LogP contribution in [0.25, 0.3) is 0 Å². The fourth-order valence-electron chi connectivity index (χ4n) is 0.584. The van der Waals surface area contributed by atoms with Crippen molar-refractivity contribution in [2.45, 2.75) is 6.23 Å². The number of halogens is 1. The third-order valence-corrected chi connectivity index (χ3v) is 2.12. The van der Waals surface area contributed by atoms with Gasteiger partial charge in [-0.05, 0) is 0 Å². The fraction of sp³-hybridized carbons (Fsp3) is 0.400. The van der Waals surface area contributed by atoms with E-state index in [4.69, 9.17) is 10.00 Å². The second kappa shape index (κ2) is 3.92. The first-order valence-corrected chi connectivity index (χ1v) is 4.75. The summed E-state index contributed by atoms with van der Waals surface area (Å²) in [6, 6.07) is 1.89. The predicted molar refractivity (Wildman–Crippen MR) is 49.8 cm³/mol. The molecular formula is C5H3IN2O2S. The molecule has 6 heteroatoms. The monoisotopic (exact) mass is 282 g/mol. The first-order chi connectivity index (χ1) is 5.22. The normalized spacial score (nSPS) is 22.2.